The lowest BCUT2D eigenvalue weighted by atomic mass is 9.85. The van der Waals surface area contributed by atoms with Crippen LogP contribution in [0.4, 0.5) is 0 Å². The molecule has 134 valence electrons. The van der Waals surface area contributed by atoms with Gasteiger partial charge < -0.3 is 16.4 Å². The number of rotatable bonds is 6. The molecule has 6 heteroatoms. The molecule has 2 rings (SSSR count). The Kier molecular flexibility index (Phi) is 8.92. The third kappa shape index (κ3) is 6.68. The fraction of sp³-hybridized carbons (Fsp3) is 0.882. The van der Waals surface area contributed by atoms with Crippen LogP contribution in [0.3, 0.4) is 0 Å². The molecule has 0 heterocycles. The standard InChI is InChI=1S/C17H31N3O2.ClH/c1-12(18)10-11-19-16(21)14-6-8-15(9-7-14)20-17(22)13-4-2-3-5-13;/h12-15H,2-11,18H2,1H3,(H,19,21)(H,20,22);1H. The van der Waals surface area contributed by atoms with E-state index < -0.39 is 0 Å². The van der Waals surface area contributed by atoms with E-state index in [1.165, 1.54) is 12.8 Å². The summed E-state index contributed by atoms with van der Waals surface area (Å²) in [5.74, 6) is 0.732. The molecule has 2 aliphatic carbocycles. The highest BCUT2D eigenvalue weighted by Crippen LogP contribution is 2.27. The second-order valence-corrected chi connectivity index (χ2v) is 7.10. The zero-order valence-corrected chi connectivity index (χ0v) is 15.0. The summed E-state index contributed by atoms with van der Waals surface area (Å²) in [6.07, 6.45) is 8.87. The van der Waals surface area contributed by atoms with Crippen LogP contribution in [0.25, 0.3) is 0 Å². The van der Waals surface area contributed by atoms with Crippen molar-refractivity contribution in [1.82, 2.24) is 10.6 Å². The zero-order valence-electron chi connectivity index (χ0n) is 14.2. The van der Waals surface area contributed by atoms with Crippen molar-refractivity contribution in [2.45, 2.75) is 76.8 Å². The molecule has 0 bridgehead atoms. The summed E-state index contributed by atoms with van der Waals surface area (Å²) in [6.45, 7) is 2.61. The highest BCUT2D eigenvalue weighted by Gasteiger charge is 2.29. The number of hydrogen-bond acceptors (Lipinski definition) is 3. The average Bonchev–Trinajstić information content (AvgIpc) is 3.02. The predicted molar refractivity (Wildman–Crippen MR) is 94.4 cm³/mol. The number of hydrogen-bond donors (Lipinski definition) is 3. The Bertz CT molecular complexity index is 376. The second-order valence-electron chi connectivity index (χ2n) is 7.10. The minimum atomic E-state index is 0. The summed E-state index contributed by atoms with van der Waals surface area (Å²) in [6, 6.07) is 0.392. The van der Waals surface area contributed by atoms with Gasteiger partial charge in [0.25, 0.3) is 0 Å². The van der Waals surface area contributed by atoms with Gasteiger partial charge in [-0.05, 0) is 51.9 Å². The summed E-state index contributed by atoms with van der Waals surface area (Å²) in [5.41, 5.74) is 5.68. The first-order valence-corrected chi connectivity index (χ1v) is 8.90. The molecule has 1 unspecified atom stereocenters. The van der Waals surface area contributed by atoms with Crippen LogP contribution in [0, 0.1) is 11.8 Å². The van der Waals surface area contributed by atoms with E-state index in [4.69, 9.17) is 5.73 Å². The smallest absolute Gasteiger partial charge is 0.223 e. The van der Waals surface area contributed by atoms with Gasteiger partial charge in [-0.15, -0.1) is 12.4 Å². The monoisotopic (exact) mass is 345 g/mol. The maximum absolute atomic E-state index is 12.1. The largest absolute Gasteiger partial charge is 0.356 e. The summed E-state index contributed by atoms with van der Waals surface area (Å²) < 4.78 is 0. The third-order valence-corrected chi connectivity index (χ3v) is 5.07. The van der Waals surface area contributed by atoms with Crippen molar-refractivity contribution in [2.24, 2.45) is 17.6 Å². The lowest BCUT2D eigenvalue weighted by molar-refractivity contribution is -0.126. The van der Waals surface area contributed by atoms with Crippen LogP contribution in [-0.4, -0.2) is 30.4 Å². The third-order valence-electron chi connectivity index (χ3n) is 5.07. The van der Waals surface area contributed by atoms with Gasteiger partial charge in [0.1, 0.15) is 0 Å². The summed E-state index contributed by atoms with van der Waals surface area (Å²) in [5, 5.41) is 6.17. The van der Waals surface area contributed by atoms with Crippen molar-refractivity contribution in [3.05, 3.63) is 0 Å². The van der Waals surface area contributed by atoms with Gasteiger partial charge in [0.2, 0.25) is 11.8 Å². The average molecular weight is 346 g/mol. The molecule has 2 aliphatic rings. The minimum Gasteiger partial charge on any atom is -0.356 e. The molecular formula is C17H32ClN3O2. The van der Waals surface area contributed by atoms with Crippen LogP contribution in [0.2, 0.25) is 0 Å². The van der Waals surface area contributed by atoms with Crippen molar-refractivity contribution in [2.75, 3.05) is 6.54 Å². The van der Waals surface area contributed by atoms with E-state index in [1.54, 1.807) is 0 Å². The number of nitrogens with one attached hydrogen (secondary N) is 2. The molecule has 5 nitrogen and oxygen atoms in total. The van der Waals surface area contributed by atoms with E-state index >= 15 is 0 Å². The van der Waals surface area contributed by atoms with Crippen LogP contribution >= 0.6 is 12.4 Å². The Labute approximate surface area is 145 Å². The highest BCUT2D eigenvalue weighted by molar-refractivity contribution is 5.85. The number of carbonyl (C=O) groups excluding carboxylic acids is 2. The molecular weight excluding hydrogens is 314 g/mol. The Morgan fingerprint density at radius 1 is 1.00 bits per heavy atom. The van der Waals surface area contributed by atoms with E-state index in [1.807, 2.05) is 6.92 Å². The topological polar surface area (TPSA) is 84.2 Å². The first-order chi connectivity index (χ1) is 10.6. The number of carbonyl (C=O) groups is 2. The van der Waals surface area contributed by atoms with Crippen molar-refractivity contribution >= 4 is 24.2 Å². The first-order valence-electron chi connectivity index (χ1n) is 8.90. The van der Waals surface area contributed by atoms with Crippen molar-refractivity contribution in [3.8, 4) is 0 Å². The van der Waals surface area contributed by atoms with E-state index in [-0.39, 0.29) is 48.1 Å². The fourth-order valence-electron chi connectivity index (χ4n) is 3.57. The Balaban J connectivity index is 0.00000264. The van der Waals surface area contributed by atoms with Crippen LogP contribution in [-0.2, 0) is 9.59 Å². The van der Waals surface area contributed by atoms with Crippen LogP contribution < -0.4 is 16.4 Å². The molecule has 23 heavy (non-hydrogen) atoms. The maximum Gasteiger partial charge on any atom is 0.223 e. The Hall–Kier alpha value is -0.810. The van der Waals surface area contributed by atoms with Crippen LogP contribution in [0.1, 0.15) is 64.7 Å². The first kappa shape index (κ1) is 20.2. The second kappa shape index (κ2) is 10.1. The van der Waals surface area contributed by atoms with Gasteiger partial charge in [0, 0.05) is 30.5 Å². The molecule has 2 amide bonds. The minimum absolute atomic E-state index is 0. The van der Waals surface area contributed by atoms with E-state index in [9.17, 15) is 9.59 Å². The van der Waals surface area contributed by atoms with Crippen LogP contribution in [0.5, 0.6) is 0 Å². The normalized spacial score (nSPS) is 26.2. The van der Waals surface area contributed by atoms with E-state index in [0.717, 1.165) is 44.9 Å². The molecule has 0 aliphatic heterocycles. The van der Waals surface area contributed by atoms with Gasteiger partial charge in [-0.25, -0.2) is 0 Å². The number of amides is 2. The lowest BCUT2D eigenvalue weighted by Crippen LogP contribution is -2.43. The molecule has 0 saturated heterocycles. The van der Waals surface area contributed by atoms with Gasteiger partial charge in [-0.3, -0.25) is 9.59 Å². The Morgan fingerprint density at radius 2 is 1.57 bits per heavy atom. The van der Waals surface area contributed by atoms with Crippen molar-refractivity contribution in [3.63, 3.8) is 0 Å². The molecule has 0 spiro atoms. The molecule has 0 aromatic rings. The van der Waals surface area contributed by atoms with E-state index in [0.29, 0.717) is 6.54 Å². The highest BCUT2D eigenvalue weighted by atomic mass is 35.5. The molecule has 1 atom stereocenters. The van der Waals surface area contributed by atoms with Gasteiger partial charge in [0.15, 0.2) is 0 Å². The fourth-order valence-corrected chi connectivity index (χ4v) is 3.57. The number of nitrogens with two attached hydrogens (primary N) is 1. The maximum atomic E-state index is 12.1. The summed E-state index contributed by atoms with van der Waals surface area (Å²) in [4.78, 5) is 24.2. The molecule has 0 radical (unpaired) electrons. The SMILES string of the molecule is CC(N)CCNC(=O)C1CCC(NC(=O)C2CCCC2)CC1.Cl. The molecule has 0 aromatic carbocycles. The molecule has 2 saturated carbocycles. The zero-order chi connectivity index (χ0) is 15.9. The number of halogens is 1. The molecule has 0 aromatic heterocycles. The summed E-state index contributed by atoms with van der Waals surface area (Å²) in [7, 11) is 0. The van der Waals surface area contributed by atoms with Crippen molar-refractivity contribution < 1.29 is 9.59 Å². The molecule has 2 fully saturated rings. The lowest BCUT2D eigenvalue weighted by Gasteiger charge is -2.29. The van der Waals surface area contributed by atoms with E-state index in [2.05, 4.69) is 10.6 Å². The van der Waals surface area contributed by atoms with Crippen LogP contribution in [0.15, 0.2) is 0 Å². The van der Waals surface area contributed by atoms with Gasteiger partial charge in [-0.1, -0.05) is 12.8 Å². The predicted octanol–water partition coefficient (Wildman–Crippen LogP) is 2.13. The van der Waals surface area contributed by atoms with Gasteiger partial charge in [0.05, 0.1) is 0 Å². The quantitative estimate of drug-likeness (QED) is 0.689. The molecule has 4 N–H and O–H groups in total. The van der Waals surface area contributed by atoms with Gasteiger partial charge >= 0.3 is 0 Å². The Morgan fingerprint density at radius 3 is 2.13 bits per heavy atom. The summed E-state index contributed by atoms with van der Waals surface area (Å²) >= 11 is 0. The van der Waals surface area contributed by atoms with Crippen molar-refractivity contribution in [1.29, 1.82) is 0 Å². The van der Waals surface area contributed by atoms with Gasteiger partial charge in [-0.2, -0.15) is 0 Å².